The third-order valence-corrected chi connectivity index (χ3v) is 3.03. The van der Waals surface area contributed by atoms with Crippen molar-refractivity contribution in [3.8, 4) is 0 Å². The number of carbonyl (C=O) groups excluding carboxylic acids is 1. The van der Waals surface area contributed by atoms with Crippen LogP contribution in [0.4, 0.5) is 0 Å². The van der Waals surface area contributed by atoms with Crippen molar-refractivity contribution in [1.82, 2.24) is 4.90 Å². The molecule has 1 aromatic carbocycles. The lowest BCUT2D eigenvalue weighted by Crippen LogP contribution is -2.25. The number of carbonyl (C=O) groups is 1. The highest BCUT2D eigenvalue weighted by Crippen LogP contribution is 2.11. The fourth-order valence-corrected chi connectivity index (χ4v) is 1.85. The SMILES string of the molecule is CN(CCCCCO)C(=O)/C=C/c1cccc(Cl)c1. The summed E-state index contributed by atoms with van der Waals surface area (Å²) in [5, 5.41) is 9.33. The zero-order valence-electron chi connectivity index (χ0n) is 11.2. The monoisotopic (exact) mass is 281 g/mol. The number of halogens is 1. The van der Waals surface area contributed by atoms with Gasteiger partial charge in [0.2, 0.25) is 5.91 Å². The summed E-state index contributed by atoms with van der Waals surface area (Å²) in [4.78, 5) is 13.5. The predicted molar refractivity (Wildman–Crippen MR) is 79.1 cm³/mol. The number of amides is 1. The highest BCUT2D eigenvalue weighted by molar-refractivity contribution is 6.30. The standard InChI is InChI=1S/C15H20ClNO2/c1-17(10-3-2-4-11-18)15(19)9-8-13-6-5-7-14(16)12-13/h5-9,12,18H,2-4,10-11H2,1H3/b9-8+. The molecule has 0 atom stereocenters. The van der Waals surface area contributed by atoms with Gasteiger partial charge in [0.1, 0.15) is 0 Å². The van der Waals surface area contributed by atoms with Gasteiger partial charge in [0, 0.05) is 31.3 Å². The Kier molecular flexibility index (Phi) is 7.23. The molecule has 104 valence electrons. The summed E-state index contributed by atoms with van der Waals surface area (Å²) in [6, 6.07) is 7.36. The van der Waals surface area contributed by atoms with E-state index in [2.05, 4.69) is 0 Å². The van der Waals surface area contributed by atoms with Gasteiger partial charge in [0.25, 0.3) is 0 Å². The molecule has 0 radical (unpaired) electrons. The van der Waals surface area contributed by atoms with E-state index in [1.54, 1.807) is 30.2 Å². The Labute approximate surface area is 119 Å². The Balaban J connectivity index is 2.41. The number of hydrogen-bond acceptors (Lipinski definition) is 2. The first-order valence-corrected chi connectivity index (χ1v) is 6.81. The smallest absolute Gasteiger partial charge is 0.246 e. The van der Waals surface area contributed by atoms with Gasteiger partial charge in [0.15, 0.2) is 0 Å². The summed E-state index contributed by atoms with van der Waals surface area (Å²) >= 11 is 5.87. The molecule has 1 N–H and O–H groups in total. The average molecular weight is 282 g/mol. The number of aliphatic hydroxyl groups is 1. The highest BCUT2D eigenvalue weighted by atomic mass is 35.5. The zero-order valence-corrected chi connectivity index (χ0v) is 11.9. The van der Waals surface area contributed by atoms with Crippen molar-refractivity contribution in [3.05, 3.63) is 40.9 Å². The van der Waals surface area contributed by atoms with E-state index in [0.29, 0.717) is 11.6 Å². The second-order valence-corrected chi connectivity index (χ2v) is 4.87. The summed E-state index contributed by atoms with van der Waals surface area (Å²) < 4.78 is 0. The fraction of sp³-hybridized carbons (Fsp3) is 0.400. The van der Waals surface area contributed by atoms with Crippen LogP contribution in [-0.4, -0.2) is 36.1 Å². The molecule has 1 aromatic rings. The molecule has 0 bridgehead atoms. The van der Waals surface area contributed by atoms with Crippen LogP contribution in [0.25, 0.3) is 6.08 Å². The van der Waals surface area contributed by atoms with E-state index >= 15 is 0 Å². The molecule has 0 spiro atoms. The third kappa shape index (κ3) is 6.41. The number of unbranched alkanes of at least 4 members (excludes halogenated alkanes) is 2. The number of rotatable bonds is 7. The largest absolute Gasteiger partial charge is 0.396 e. The highest BCUT2D eigenvalue weighted by Gasteiger charge is 2.03. The lowest BCUT2D eigenvalue weighted by atomic mass is 10.2. The van der Waals surface area contributed by atoms with Crippen LogP contribution in [-0.2, 0) is 4.79 Å². The molecule has 0 aromatic heterocycles. The van der Waals surface area contributed by atoms with Crippen LogP contribution in [0.15, 0.2) is 30.3 Å². The molecule has 4 heteroatoms. The average Bonchev–Trinajstić information content (AvgIpc) is 2.41. The minimum atomic E-state index is -0.0241. The first kappa shape index (κ1) is 15.7. The van der Waals surface area contributed by atoms with E-state index in [1.165, 1.54) is 0 Å². The molecule has 0 aliphatic carbocycles. The Morgan fingerprint density at radius 2 is 2.16 bits per heavy atom. The van der Waals surface area contributed by atoms with Gasteiger partial charge in [-0.25, -0.2) is 0 Å². The van der Waals surface area contributed by atoms with Gasteiger partial charge in [-0.15, -0.1) is 0 Å². The number of likely N-dealkylation sites (N-methyl/N-ethyl adjacent to an activating group) is 1. The minimum Gasteiger partial charge on any atom is -0.396 e. The van der Waals surface area contributed by atoms with Gasteiger partial charge < -0.3 is 10.0 Å². The molecule has 0 saturated heterocycles. The predicted octanol–water partition coefficient (Wildman–Crippen LogP) is 2.97. The lowest BCUT2D eigenvalue weighted by molar-refractivity contribution is -0.124. The molecule has 19 heavy (non-hydrogen) atoms. The van der Waals surface area contributed by atoms with Crippen LogP contribution >= 0.6 is 11.6 Å². The molecule has 1 rings (SSSR count). The molecular formula is C15H20ClNO2. The van der Waals surface area contributed by atoms with Crippen molar-refractivity contribution in [2.24, 2.45) is 0 Å². The first-order chi connectivity index (χ1) is 9.13. The van der Waals surface area contributed by atoms with E-state index in [1.807, 2.05) is 18.2 Å². The Bertz CT molecular complexity index is 432. The maximum Gasteiger partial charge on any atom is 0.246 e. The number of benzene rings is 1. The second-order valence-electron chi connectivity index (χ2n) is 4.43. The van der Waals surface area contributed by atoms with E-state index in [9.17, 15) is 4.79 Å². The normalized spacial score (nSPS) is 10.9. The summed E-state index contributed by atoms with van der Waals surface area (Å²) in [7, 11) is 1.78. The van der Waals surface area contributed by atoms with Gasteiger partial charge in [0.05, 0.1) is 0 Å². The lowest BCUT2D eigenvalue weighted by Gasteiger charge is -2.14. The molecule has 0 unspecified atom stereocenters. The van der Waals surface area contributed by atoms with Gasteiger partial charge in [-0.3, -0.25) is 4.79 Å². The number of nitrogens with zero attached hydrogens (tertiary/aromatic N) is 1. The van der Waals surface area contributed by atoms with Crippen LogP contribution in [0, 0.1) is 0 Å². The van der Waals surface area contributed by atoms with Gasteiger partial charge in [-0.1, -0.05) is 23.7 Å². The molecule has 0 fully saturated rings. The van der Waals surface area contributed by atoms with E-state index in [4.69, 9.17) is 16.7 Å². The van der Waals surface area contributed by atoms with Crippen molar-refractivity contribution < 1.29 is 9.90 Å². The maximum absolute atomic E-state index is 11.8. The van der Waals surface area contributed by atoms with Gasteiger partial charge in [-0.05, 0) is 43.0 Å². The van der Waals surface area contributed by atoms with Crippen molar-refractivity contribution in [2.45, 2.75) is 19.3 Å². The number of hydrogen-bond donors (Lipinski definition) is 1. The van der Waals surface area contributed by atoms with Crippen LogP contribution in [0.1, 0.15) is 24.8 Å². The third-order valence-electron chi connectivity index (χ3n) is 2.79. The summed E-state index contributed by atoms with van der Waals surface area (Å²) in [6.45, 7) is 0.922. The summed E-state index contributed by atoms with van der Waals surface area (Å²) in [5.41, 5.74) is 0.912. The quantitative estimate of drug-likeness (QED) is 0.617. The minimum absolute atomic E-state index is 0.0241. The maximum atomic E-state index is 11.8. The van der Waals surface area contributed by atoms with E-state index < -0.39 is 0 Å². The molecule has 0 heterocycles. The number of aliphatic hydroxyl groups excluding tert-OH is 1. The van der Waals surface area contributed by atoms with Crippen LogP contribution in [0.2, 0.25) is 5.02 Å². The Morgan fingerprint density at radius 1 is 1.37 bits per heavy atom. The van der Waals surface area contributed by atoms with Crippen molar-refractivity contribution in [1.29, 1.82) is 0 Å². The molecule has 3 nitrogen and oxygen atoms in total. The van der Waals surface area contributed by atoms with E-state index in [0.717, 1.165) is 24.8 Å². The Morgan fingerprint density at radius 3 is 2.84 bits per heavy atom. The van der Waals surface area contributed by atoms with Gasteiger partial charge in [-0.2, -0.15) is 0 Å². The molecular weight excluding hydrogens is 262 g/mol. The van der Waals surface area contributed by atoms with E-state index in [-0.39, 0.29) is 12.5 Å². The van der Waals surface area contributed by atoms with Crippen LogP contribution < -0.4 is 0 Å². The van der Waals surface area contributed by atoms with Gasteiger partial charge >= 0.3 is 0 Å². The second kappa shape index (κ2) is 8.73. The summed E-state index contributed by atoms with van der Waals surface area (Å²) in [6.07, 6.45) is 5.95. The zero-order chi connectivity index (χ0) is 14.1. The van der Waals surface area contributed by atoms with Crippen molar-refractivity contribution in [3.63, 3.8) is 0 Å². The van der Waals surface area contributed by atoms with Crippen molar-refractivity contribution >= 4 is 23.6 Å². The van der Waals surface area contributed by atoms with Crippen LogP contribution in [0.5, 0.6) is 0 Å². The molecule has 0 aliphatic heterocycles. The fourth-order valence-electron chi connectivity index (χ4n) is 1.65. The van der Waals surface area contributed by atoms with Crippen LogP contribution in [0.3, 0.4) is 0 Å². The topological polar surface area (TPSA) is 40.5 Å². The first-order valence-electron chi connectivity index (χ1n) is 6.43. The van der Waals surface area contributed by atoms with Crippen molar-refractivity contribution in [2.75, 3.05) is 20.2 Å². The molecule has 0 saturated carbocycles. The summed E-state index contributed by atoms with van der Waals surface area (Å²) in [5.74, 6) is -0.0241. The molecule has 1 amide bonds. The Hall–Kier alpha value is -1.32. The molecule has 0 aliphatic rings.